The minimum Gasteiger partial charge on any atom is -0.313 e. The Balaban J connectivity index is 1.70. The smallest absolute Gasteiger partial charge is 0.228 e. The van der Waals surface area contributed by atoms with Crippen molar-refractivity contribution in [2.75, 3.05) is 6.54 Å². The molecule has 2 aromatic rings. The van der Waals surface area contributed by atoms with Gasteiger partial charge in [-0.2, -0.15) is 0 Å². The molecule has 2 bridgehead atoms. The summed E-state index contributed by atoms with van der Waals surface area (Å²) in [6.45, 7) is 5.20. The fourth-order valence-corrected chi connectivity index (χ4v) is 5.67. The van der Waals surface area contributed by atoms with Crippen LogP contribution in [-0.4, -0.2) is 40.7 Å². The van der Waals surface area contributed by atoms with Crippen LogP contribution in [0.3, 0.4) is 0 Å². The van der Waals surface area contributed by atoms with Gasteiger partial charge in [0.15, 0.2) is 0 Å². The van der Waals surface area contributed by atoms with Gasteiger partial charge in [-0.25, -0.2) is 17.8 Å². The topological polar surface area (TPSA) is 55.2 Å². The van der Waals surface area contributed by atoms with E-state index in [0.29, 0.717) is 18.2 Å². The zero-order valence-electron chi connectivity index (χ0n) is 16.5. The van der Waals surface area contributed by atoms with E-state index in [9.17, 15) is 12.8 Å². The highest BCUT2D eigenvalue weighted by molar-refractivity contribution is 7.91. The molecule has 2 heterocycles. The van der Waals surface area contributed by atoms with E-state index in [1.165, 1.54) is 31.7 Å². The molecule has 1 aliphatic carbocycles. The van der Waals surface area contributed by atoms with Gasteiger partial charge in [-0.1, -0.05) is 24.6 Å². The maximum Gasteiger partial charge on any atom is 0.228 e. The lowest BCUT2D eigenvalue weighted by molar-refractivity contribution is 0.231. The van der Waals surface area contributed by atoms with Crippen molar-refractivity contribution in [2.24, 2.45) is 5.92 Å². The Labute approximate surface area is 166 Å². The van der Waals surface area contributed by atoms with Gasteiger partial charge in [-0.3, -0.25) is 4.90 Å². The molecule has 0 spiro atoms. The average Bonchev–Trinajstić information content (AvgIpc) is 3.18. The second kappa shape index (κ2) is 7.59. The Hall–Kier alpha value is -1.73. The van der Waals surface area contributed by atoms with Gasteiger partial charge in [-0.05, 0) is 45.1 Å². The third-order valence-electron chi connectivity index (χ3n) is 6.19. The predicted molar refractivity (Wildman–Crippen MR) is 106 cm³/mol. The van der Waals surface area contributed by atoms with Crippen molar-refractivity contribution in [1.29, 1.82) is 0 Å². The van der Waals surface area contributed by atoms with Crippen LogP contribution in [0, 0.1) is 11.7 Å². The van der Waals surface area contributed by atoms with Crippen LogP contribution in [0.2, 0.25) is 0 Å². The van der Waals surface area contributed by atoms with Crippen molar-refractivity contribution >= 4 is 9.84 Å². The summed E-state index contributed by atoms with van der Waals surface area (Å²) in [5, 5.41) is -0.531. The molecule has 0 amide bonds. The van der Waals surface area contributed by atoms with Crippen molar-refractivity contribution in [2.45, 2.75) is 69.1 Å². The average molecular weight is 406 g/mol. The monoisotopic (exact) mass is 405 g/mol. The molecule has 1 aromatic heterocycles. The summed E-state index contributed by atoms with van der Waals surface area (Å²) in [7, 11) is -3.56. The van der Waals surface area contributed by atoms with Gasteiger partial charge < -0.3 is 4.57 Å². The maximum atomic E-state index is 14.3. The molecule has 28 heavy (non-hydrogen) atoms. The van der Waals surface area contributed by atoms with Crippen LogP contribution < -0.4 is 0 Å². The quantitative estimate of drug-likeness (QED) is 0.737. The summed E-state index contributed by atoms with van der Waals surface area (Å²) in [6.07, 6.45) is 6.66. The second-order valence-electron chi connectivity index (χ2n) is 8.42. The summed E-state index contributed by atoms with van der Waals surface area (Å²) in [6, 6.07) is 7.10. The summed E-state index contributed by atoms with van der Waals surface area (Å²) in [5.41, 5.74) is 1.32. The Morgan fingerprint density at radius 1 is 1.21 bits per heavy atom. The highest BCUT2D eigenvalue weighted by atomic mass is 32.2. The number of hydrogen-bond donors (Lipinski definition) is 0. The molecule has 5 nitrogen and oxygen atoms in total. The third-order valence-corrected chi connectivity index (χ3v) is 8.27. The SMILES string of the molecule is CC(C)S(=O)(=O)c1ncc(CN2C[C@@H]3CCC[C@H]2C3)n1Cc1ccccc1F. The van der Waals surface area contributed by atoms with Gasteiger partial charge in [0.2, 0.25) is 15.0 Å². The van der Waals surface area contributed by atoms with Gasteiger partial charge in [-0.15, -0.1) is 0 Å². The van der Waals surface area contributed by atoms with Crippen molar-refractivity contribution in [3.8, 4) is 0 Å². The van der Waals surface area contributed by atoms with Crippen LogP contribution in [0.1, 0.15) is 50.8 Å². The second-order valence-corrected chi connectivity index (χ2v) is 10.8. The standard InChI is InChI=1S/C21H28FN3O2S/c1-15(2)28(26,27)21-23-11-19(14-24-12-16-6-5-8-18(24)10-16)25(21)13-17-7-3-4-9-20(17)22/h3-4,7,9,11,15-16,18H,5-6,8,10,12-14H2,1-2H3/t16-,18+/m1/s1. The molecule has 152 valence electrons. The number of halogens is 1. The minimum absolute atomic E-state index is 0.0444. The number of nitrogens with zero attached hydrogens (tertiary/aromatic N) is 3. The Morgan fingerprint density at radius 3 is 2.71 bits per heavy atom. The normalized spacial score (nSPS) is 22.9. The first-order valence-electron chi connectivity index (χ1n) is 10.1. The van der Waals surface area contributed by atoms with Crippen LogP contribution in [0.15, 0.2) is 35.6 Å². The highest BCUT2D eigenvalue weighted by Crippen LogP contribution is 2.36. The number of fused-ring (bicyclic) bond motifs is 2. The fraction of sp³-hybridized carbons (Fsp3) is 0.571. The maximum absolute atomic E-state index is 14.3. The molecular formula is C21H28FN3O2S. The lowest BCUT2D eigenvalue weighted by Crippen LogP contribution is -2.30. The zero-order chi connectivity index (χ0) is 19.9. The number of likely N-dealkylation sites (tertiary alicyclic amines) is 1. The number of sulfone groups is 1. The van der Waals surface area contributed by atoms with E-state index in [-0.39, 0.29) is 17.5 Å². The van der Waals surface area contributed by atoms with Crippen LogP contribution in [-0.2, 0) is 22.9 Å². The van der Waals surface area contributed by atoms with E-state index in [4.69, 9.17) is 0 Å². The Kier molecular flexibility index (Phi) is 5.31. The molecule has 2 fully saturated rings. The first-order chi connectivity index (χ1) is 13.4. The van der Waals surface area contributed by atoms with Gasteiger partial charge in [0.25, 0.3) is 0 Å². The molecule has 7 heteroatoms. The van der Waals surface area contributed by atoms with E-state index in [2.05, 4.69) is 9.88 Å². The van der Waals surface area contributed by atoms with Gasteiger partial charge in [0, 0.05) is 24.7 Å². The van der Waals surface area contributed by atoms with Gasteiger partial charge >= 0.3 is 0 Å². The molecule has 1 aromatic carbocycles. The van der Waals surface area contributed by atoms with E-state index >= 15 is 0 Å². The molecular weight excluding hydrogens is 377 g/mol. The molecule has 2 atom stereocenters. The molecule has 1 aliphatic heterocycles. The molecule has 0 unspecified atom stereocenters. The summed E-state index contributed by atoms with van der Waals surface area (Å²) in [5.74, 6) is 0.424. The molecule has 0 N–H and O–H groups in total. The Morgan fingerprint density at radius 2 is 2.00 bits per heavy atom. The van der Waals surface area contributed by atoms with Crippen molar-refractivity contribution < 1.29 is 12.8 Å². The summed E-state index contributed by atoms with van der Waals surface area (Å²) in [4.78, 5) is 6.75. The first kappa shape index (κ1) is 19.6. The lowest BCUT2D eigenvalue weighted by Gasteiger charge is -2.25. The molecule has 0 radical (unpaired) electrons. The van der Waals surface area contributed by atoms with E-state index in [0.717, 1.165) is 18.2 Å². The number of hydrogen-bond acceptors (Lipinski definition) is 4. The lowest BCUT2D eigenvalue weighted by atomic mass is 9.90. The van der Waals surface area contributed by atoms with Gasteiger partial charge in [0.1, 0.15) is 5.82 Å². The van der Waals surface area contributed by atoms with Crippen LogP contribution in [0.25, 0.3) is 0 Å². The molecule has 1 saturated carbocycles. The molecule has 1 saturated heterocycles. The van der Waals surface area contributed by atoms with E-state index < -0.39 is 15.1 Å². The van der Waals surface area contributed by atoms with E-state index in [1.807, 2.05) is 0 Å². The van der Waals surface area contributed by atoms with Crippen molar-refractivity contribution in [1.82, 2.24) is 14.5 Å². The van der Waals surface area contributed by atoms with Crippen LogP contribution >= 0.6 is 0 Å². The number of rotatable bonds is 6. The number of aromatic nitrogens is 2. The van der Waals surface area contributed by atoms with Gasteiger partial charge in [0.05, 0.1) is 23.7 Å². The van der Waals surface area contributed by atoms with Crippen molar-refractivity contribution in [3.63, 3.8) is 0 Å². The Bertz CT molecular complexity index is 954. The van der Waals surface area contributed by atoms with Crippen LogP contribution in [0.5, 0.6) is 0 Å². The van der Waals surface area contributed by atoms with E-state index in [1.54, 1.807) is 42.8 Å². The molecule has 4 rings (SSSR count). The highest BCUT2D eigenvalue weighted by Gasteiger charge is 2.36. The zero-order valence-corrected chi connectivity index (χ0v) is 17.3. The predicted octanol–water partition coefficient (Wildman–Crippen LogP) is 3.63. The summed E-state index contributed by atoms with van der Waals surface area (Å²) < 4.78 is 41.7. The number of imidazole rings is 1. The fourth-order valence-electron chi connectivity index (χ4n) is 4.56. The first-order valence-corrected chi connectivity index (χ1v) is 11.7. The molecule has 2 aliphatic rings. The largest absolute Gasteiger partial charge is 0.313 e. The third kappa shape index (κ3) is 3.62. The number of benzene rings is 1. The minimum atomic E-state index is -3.56. The van der Waals surface area contributed by atoms with Crippen molar-refractivity contribution in [3.05, 3.63) is 47.5 Å². The van der Waals surface area contributed by atoms with Crippen LogP contribution in [0.4, 0.5) is 4.39 Å². The summed E-state index contributed by atoms with van der Waals surface area (Å²) >= 11 is 0.